The molecular formula is C25H24FN7O2. The van der Waals surface area contributed by atoms with Gasteiger partial charge in [-0.1, -0.05) is 26.0 Å². The summed E-state index contributed by atoms with van der Waals surface area (Å²) < 4.78 is 19.0. The summed E-state index contributed by atoms with van der Waals surface area (Å²) in [5, 5.41) is 9.41. The van der Waals surface area contributed by atoms with E-state index >= 15 is 0 Å². The van der Waals surface area contributed by atoms with Crippen molar-refractivity contribution in [3.05, 3.63) is 72.7 Å². The highest BCUT2D eigenvalue weighted by molar-refractivity contribution is 5.83. The minimum absolute atomic E-state index is 0.0631. The van der Waals surface area contributed by atoms with E-state index in [2.05, 4.69) is 15.0 Å². The standard InChI is InChI=1S/C23H18FN7O2.C2H6/c24-13-33-19-8-3-15(11-28-19)17-6-7-18-22(29-17)31(16-4-1-14(12-32)2-5-16)23(30-18)20-21(25)27-10-9-26-20;1-2/h1-11,32H,12-13H2,(H2,25,27);1-2H3. The highest BCUT2D eigenvalue weighted by Crippen LogP contribution is 2.30. The van der Waals surface area contributed by atoms with Crippen LogP contribution < -0.4 is 10.5 Å². The molecule has 4 aromatic heterocycles. The van der Waals surface area contributed by atoms with Crippen molar-refractivity contribution >= 4 is 17.0 Å². The van der Waals surface area contributed by atoms with Gasteiger partial charge in [0.05, 0.1) is 12.3 Å². The molecule has 0 atom stereocenters. The SMILES string of the molecule is CC.Nc1nccnc1-c1nc2ccc(-c3ccc(OCF)nc3)nc2n1-c1ccc(CO)cc1. The summed E-state index contributed by atoms with van der Waals surface area (Å²) in [6.45, 7) is 2.99. The van der Waals surface area contributed by atoms with Crippen LogP contribution in [0, 0.1) is 0 Å². The lowest BCUT2D eigenvalue weighted by Gasteiger charge is -2.10. The van der Waals surface area contributed by atoms with Crippen LogP contribution in [-0.4, -0.2) is 41.5 Å². The Bertz CT molecular complexity index is 1420. The van der Waals surface area contributed by atoms with Crippen molar-refractivity contribution in [1.29, 1.82) is 0 Å². The fourth-order valence-electron chi connectivity index (χ4n) is 3.47. The first-order valence-electron chi connectivity index (χ1n) is 11.0. The normalized spacial score (nSPS) is 10.6. The van der Waals surface area contributed by atoms with E-state index in [1.54, 1.807) is 24.5 Å². The van der Waals surface area contributed by atoms with Crippen LogP contribution >= 0.6 is 0 Å². The number of benzene rings is 1. The molecule has 0 aliphatic rings. The fraction of sp³-hybridized carbons (Fsp3) is 0.160. The lowest BCUT2D eigenvalue weighted by Crippen LogP contribution is -2.04. The molecule has 0 bridgehead atoms. The second kappa shape index (κ2) is 10.7. The van der Waals surface area contributed by atoms with Gasteiger partial charge in [-0.2, -0.15) is 0 Å². The lowest BCUT2D eigenvalue weighted by molar-refractivity contribution is 0.185. The monoisotopic (exact) mass is 473 g/mol. The third-order valence-corrected chi connectivity index (χ3v) is 5.05. The van der Waals surface area contributed by atoms with Crippen molar-refractivity contribution in [3.8, 4) is 34.3 Å². The van der Waals surface area contributed by atoms with Gasteiger partial charge in [0, 0.05) is 35.9 Å². The molecule has 0 radical (unpaired) electrons. The fourth-order valence-corrected chi connectivity index (χ4v) is 3.47. The molecule has 0 unspecified atom stereocenters. The Balaban J connectivity index is 0.00000141. The molecule has 9 nitrogen and oxygen atoms in total. The smallest absolute Gasteiger partial charge is 0.230 e. The van der Waals surface area contributed by atoms with Crippen LogP contribution in [0.2, 0.25) is 0 Å². The summed E-state index contributed by atoms with van der Waals surface area (Å²) >= 11 is 0. The number of ether oxygens (including phenoxy) is 1. The Kier molecular flexibility index (Phi) is 7.22. The van der Waals surface area contributed by atoms with Gasteiger partial charge in [-0.3, -0.25) is 4.57 Å². The number of hydrogen-bond acceptors (Lipinski definition) is 8. The van der Waals surface area contributed by atoms with Crippen molar-refractivity contribution in [2.24, 2.45) is 0 Å². The van der Waals surface area contributed by atoms with Gasteiger partial charge >= 0.3 is 0 Å². The highest BCUT2D eigenvalue weighted by Gasteiger charge is 2.19. The van der Waals surface area contributed by atoms with Gasteiger partial charge in [0.25, 0.3) is 0 Å². The van der Waals surface area contributed by atoms with E-state index in [0.717, 1.165) is 16.8 Å². The largest absolute Gasteiger partial charge is 0.446 e. The lowest BCUT2D eigenvalue weighted by atomic mass is 10.2. The number of imidazole rings is 1. The quantitative estimate of drug-likeness (QED) is 0.373. The molecule has 0 amide bonds. The van der Waals surface area contributed by atoms with Gasteiger partial charge in [0.2, 0.25) is 12.7 Å². The number of nitrogen functional groups attached to an aromatic ring is 1. The maximum Gasteiger partial charge on any atom is 0.230 e. The topological polar surface area (TPSA) is 125 Å². The average Bonchev–Trinajstić information content (AvgIpc) is 3.29. The molecule has 4 heterocycles. The molecule has 1 aromatic carbocycles. The Morgan fingerprint density at radius 3 is 2.37 bits per heavy atom. The molecule has 178 valence electrons. The molecule has 35 heavy (non-hydrogen) atoms. The van der Waals surface area contributed by atoms with Crippen molar-refractivity contribution in [2.75, 3.05) is 12.6 Å². The summed E-state index contributed by atoms with van der Waals surface area (Å²) in [6.07, 6.45) is 4.63. The van der Waals surface area contributed by atoms with Gasteiger partial charge in [0.1, 0.15) is 11.2 Å². The van der Waals surface area contributed by atoms with Crippen LogP contribution in [-0.2, 0) is 6.61 Å². The van der Waals surface area contributed by atoms with E-state index < -0.39 is 6.86 Å². The van der Waals surface area contributed by atoms with Gasteiger partial charge in [-0.25, -0.2) is 29.3 Å². The zero-order valence-electron chi connectivity index (χ0n) is 19.3. The zero-order valence-corrected chi connectivity index (χ0v) is 19.3. The number of aliphatic hydroxyl groups is 1. The molecular weight excluding hydrogens is 449 g/mol. The van der Waals surface area contributed by atoms with Gasteiger partial charge in [0.15, 0.2) is 17.3 Å². The summed E-state index contributed by atoms with van der Waals surface area (Å²) in [7, 11) is 0. The maximum atomic E-state index is 12.4. The molecule has 0 aliphatic carbocycles. The number of rotatable bonds is 6. The molecule has 0 saturated carbocycles. The van der Waals surface area contributed by atoms with E-state index in [9.17, 15) is 9.50 Å². The van der Waals surface area contributed by atoms with Gasteiger partial charge in [-0.05, 0) is 35.9 Å². The molecule has 3 N–H and O–H groups in total. The molecule has 0 spiro atoms. The van der Waals surface area contributed by atoms with Crippen LogP contribution in [0.3, 0.4) is 0 Å². The molecule has 0 aliphatic heterocycles. The Morgan fingerprint density at radius 2 is 1.71 bits per heavy atom. The third-order valence-electron chi connectivity index (χ3n) is 5.05. The van der Waals surface area contributed by atoms with Gasteiger partial charge in [-0.15, -0.1) is 0 Å². The van der Waals surface area contributed by atoms with Crippen molar-refractivity contribution in [2.45, 2.75) is 20.5 Å². The predicted molar refractivity (Wildman–Crippen MR) is 131 cm³/mol. The third kappa shape index (κ3) is 4.78. The first-order chi connectivity index (χ1) is 17.2. The second-order valence-corrected chi connectivity index (χ2v) is 7.06. The number of nitrogens with two attached hydrogens (primary N) is 1. The highest BCUT2D eigenvalue weighted by atomic mass is 19.1. The van der Waals surface area contributed by atoms with E-state index in [1.807, 2.05) is 54.8 Å². The zero-order chi connectivity index (χ0) is 24.8. The number of halogens is 1. The molecule has 5 rings (SSSR count). The number of alkyl halides is 1. The Labute approximate surface area is 201 Å². The van der Waals surface area contributed by atoms with E-state index in [0.29, 0.717) is 28.4 Å². The molecule has 0 saturated heterocycles. The average molecular weight is 474 g/mol. The summed E-state index contributed by atoms with van der Waals surface area (Å²) in [5.74, 6) is 0.924. The predicted octanol–water partition coefficient (Wildman–Crippen LogP) is 4.35. The van der Waals surface area contributed by atoms with Crippen molar-refractivity contribution in [1.82, 2.24) is 29.5 Å². The summed E-state index contributed by atoms with van der Waals surface area (Å²) in [4.78, 5) is 22.2. The summed E-state index contributed by atoms with van der Waals surface area (Å²) in [5.41, 5.74) is 10.7. The first kappa shape index (κ1) is 23.7. The van der Waals surface area contributed by atoms with E-state index in [1.165, 1.54) is 6.20 Å². The molecule has 5 aromatic rings. The number of anilines is 1. The van der Waals surface area contributed by atoms with Crippen LogP contribution in [0.5, 0.6) is 5.88 Å². The minimum atomic E-state index is -0.945. The van der Waals surface area contributed by atoms with E-state index in [4.69, 9.17) is 20.4 Å². The van der Waals surface area contributed by atoms with Crippen molar-refractivity contribution < 1.29 is 14.2 Å². The van der Waals surface area contributed by atoms with E-state index in [-0.39, 0.29) is 18.3 Å². The second-order valence-electron chi connectivity index (χ2n) is 7.06. The number of fused-ring (bicyclic) bond motifs is 1. The number of nitrogens with zero attached hydrogens (tertiary/aromatic N) is 6. The Hall–Kier alpha value is -4.44. The van der Waals surface area contributed by atoms with Crippen LogP contribution in [0.4, 0.5) is 10.2 Å². The number of hydrogen-bond donors (Lipinski definition) is 2. The summed E-state index contributed by atoms with van der Waals surface area (Å²) in [6, 6.07) is 14.4. The van der Waals surface area contributed by atoms with Crippen LogP contribution in [0.25, 0.3) is 39.6 Å². The minimum Gasteiger partial charge on any atom is -0.446 e. The van der Waals surface area contributed by atoms with Crippen LogP contribution in [0.15, 0.2) is 67.1 Å². The molecule has 0 fully saturated rings. The Morgan fingerprint density at radius 1 is 0.943 bits per heavy atom. The van der Waals surface area contributed by atoms with Crippen molar-refractivity contribution in [3.63, 3.8) is 0 Å². The first-order valence-corrected chi connectivity index (χ1v) is 11.0. The van der Waals surface area contributed by atoms with Gasteiger partial charge < -0.3 is 15.6 Å². The number of pyridine rings is 2. The maximum absolute atomic E-state index is 12.4. The van der Waals surface area contributed by atoms with Crippen LogP contribution in [0.1, 0.15) is 19.4 Å². The number of aliphatic hydroxyl groups excluding tert-OH is 1. The molecule has 10 heteroatoms. The number of aromatic nitrogens is 6.